The number of hydrogen-bond acceptors (Lipinski definition) is 5. The van der Waals surface area contributed by atoms with Gasteiger partial charge in [-0.2, -0.15) is 0 Å². The highest BCUT2D eigenvalue weighted by Crippen LogP contribution is 2.31. The molecule has 2 saturated heterocycles. The summed E-state index contributed by atoms with van der Waals surface area (Å²) in [6.07, 6.45) is 6.99. The molecule has 2 unspecified atom stereocenters. The third kappa shape index (κ3) is 4.74. The zero-order valence-corrected chi connectivity index (χ0v) is 18.2. The van der Waals surface area contributed by atoms with E-state index in [1.807, 2.05) is 35.4 Å². The minimum Gasteiger partial charge on any atom is -0.497 e. The van der Waals surface area contributed by atoms with Crippen LogP contribution in [0.5, 0.6) is 5.75 Å². The van der Waals surface area contributed by atoms with E-state index in [-0.39, 0.29) is 30.8 Å². The molecule has 0 saturated carbocycles. The lowest BCUT2D eigenvalue weighted by Crippen LogP contribution is -2.39. The first-order valence-corrected chi connectivity index (χ1v) is 11.0. The molecule has 2 atom stereocenters. The number of likely N-dealkylation sites (tertiary alicyclic amines) is 1. The van der Waals surface area contributed by atoms with Crippen molar-refractivity contribution in [3.8, 4) is 5.75 Å². The number of piperidine rings is 1. The van der Waals surface area contributed by atoms with Gasteiger partial charge in [-0.15, -0.1) is 0 Å². The van der Waals surface area contributed by atoms with Gasteiger partial charge in [-0.3, -0.25) is 19.5 Å². The van der Waals surface area contributed by atoms with Crippen molar-refractivity contribution in [3.63, 3.8) is 0 Å². The standard InChI is InChI=1S/C24H28N4O4/c1-32-19-9-7-17(8-10-19)16-28-23(30)20(26-24(28)31)11-12-22(29)27-14-3-2-6-21(27)18-5-4-13-25-15-18/h4-5,7-10,13,15,20-21H,2-3,6,11-12,14,16H2,1H3,(H,26,31). The maximum Gasteiger partial charge on any atom is 0.325 e. The van der Waals surface area contributed by atoms with Crippen LogP contribution in [-0.4, -0.2) is 52.3 Å². The molecule has 0 spiro atoms. The number of rotatable bonds is 7. The van der Waals surface area contributed by atoms with Crippen LogP contribution < -0.4 is 10.1 Å². The molecule has 1 N–H and O–H groups in total. The molecule has 2 aliphatic rings. The molecule has 168 valence electrons. The zero-order chi connectivity index (χ0) is 22.5. The molecule has 32 heavy (non-hydrogen) atoms. The third-order valence-electron chi connectivity index (χ3n) is 6.15. The number of carbonyl (C=O) groups excluding carboxylic acids is 3. The molecule has 2 aliphatic heterocycles. The van der Waals surface area contributed by atoms with Crippen molar-refractivity contribution >= 4 is 17.8 Å². The molecule has 0 bridgehead atoms. The van der Waals surface area contributed by atoms with Crippen LogP contribution in [0.1, 0.15) is 49.3 Å². The Kier molecular flexibility index (Phi) is 6.68. The summed E-state index contributed by atoms with van der Waals surface area (Å²) in [5.41, 5.74) is 1.87. The average Bonchev–Trinajstić information content (AvgIpc) is 3.11. The van der Waals surface area contributed by atoms with Gasteiger partial charge in [-0.25, -0.2) is 4.79 Å². The van der Waals surface area contributed by atoms with Crippen LogP contribution in [0.25, 0.3) is 0 Å². The van der Waals surface area contributed by atoms with E-state index >= 15 is 0 Å². The highest BCUT2D eigenvalue weighted by molar-refractivity contribution is 6.04. The summed E-state index contributed by atoms with van der Waals surface area (Å²) in [6, 6.07) is 10.0. The number of methoxy groups -OCH3 is 1. The van der Waals surface area contributed by atoms with E-state index in [2.05, 4.69) is 10.3 Å². The maximum absolute atomic E-state index is 13.0. The summed E-state index contributed by atoms with van der Waals surface area (Å²) in [5.74, 6) is 0.430. The van der Waals surface area contributed by atoms with Gasteiger partial charge in [0, 0.05) is 25.4 Å². The molecule has 4 amide bonds. The van der Waals surface area contributed by atoms with Crippen LogP contribution in [0.3, 0.4) is 0 Å². The first-order chi connectivity index (χ1) is 15.6. The number of amides is 4. The first-order valence-electron chi connectivity index (χ1n) is 11.0. The van der Waals surface area contributed by atoms with Gasteiger partial charge < -0.3 is 15.0 Å². The Bertz CT molecular complexity index is 964. The van der Waals surface area contributed by atoms with E-state index in [1.165, 1.54) is 4.90 Å². The number of hydrogen-bond donors (Lipinski definition) is 1. The average molecular weight is 437 g/mol. The monoisotopic (exact) mass is 436 g/mol. The third-order valence-corrected chi connectivity index (χ3v) is 6.15. The molecular formula is C24H28N4O4. The fourth-order valence-electron chi connectivity index (χ4n) is 4.40. The molecule has 3 heterocycles. The predicted octanol–water partition coefficient (Wildman–Crippen LogP) is 3.04. The van der Waals surface area contributed by atoms with Gasteiger partial charge in [-0.1, -0.05) is 18.2 Å². The molecule has 2 fully saturated rings. The molecule has 0 radical (unpaired) electrons. The minimum absolute atomic E-state index is 0.00852. The lowest BCUT2D eigenvalue weighted by atomic mass is 9.95. The molecule has 8 heteroatoms. The van der Waals surface area contributed by atoms with Crippen molar-refractivity contribution in [2.75, 3.05) is 13.7 Å². The minimum atomic E-state index is -0.675. The summed E-state index contributed by atoms with van der Waals surface area (Å²) < 4.78 is 5.14. The van der Waals surface area contributed by atoms with Crippen LogP contribution in [0.2, 0.25) is 0 Å². The lowest BCUT2D eigenvalue weighted by molar-refractivity contribution is -0.135. The second-order valence-electron chi connectivity index (χ2n) is 8.20. The topological polar surface area (TPSA) is 91.8 Å². The van der Waals surface area contributed by atoms with Crippen molar-refractivity contribution in [1.29, 1.82) is 0 Å². The van der Waals surface area contributed by atoms with E-state index in [0.717, 1.165) is 30.4 Å². The van der Waals surface area contributed by atoms with Crippen LogP contribution in [0.4, 0.5) is 4.79 Å². The fraction of sp³-hybridized carbons (Fsp3) is 0.417. The molecule has 1 aromatic carbocycles. The second kappa shape index (κ2) is 9.80. The Morgan fingerprint density at radius 1 is 1.19 bits per heavy atom. The van der Waals surface area contributed by atoms with Gasteiger partial charge in [-0.05, 0) is 55.0 Å². The van der Waals surface area contributed by atoms with Gasteiger partial charge in [0.05, 0.1) is 19.7 Å². The van der Waals surface area contributed by atoms with Crippen LogP contribution in [0.15, 0.2) is 48.8 Å². The smallest absolute Gasteiger partial charge is 0.325 e. The Morgan fingerprint density at radius 3 is 2.72 bits per heavy atom. The Labute approximate surface area is 187 Å². The number of nitrogens with one attached hydrogen (secondary N) is 1. The molecule has 8 nitrogen and oxygen atoms in total. The van der Waals surface area contributed by atoms with E-state index in [0.29, 0.717) is 18.7 Å². The number of imide groups is 1. The van der Waals surface area contributed by atoms with Crippen LogP contribution >= 0.6 is 0 Å². The summed E-state index contributed by atoms with van der Waals surface area (Å²) in [5, 5.41) is 2.73. The second-order valence-corrected chi connectivity index (χ2v) is 8.20. The molecular weight excluding hydrogens is 408 g/mol. The van der Waals surface area contributed by atoms with Crippen LogP contribution in [-0.2, 0) is 16.1 Å². The summed E-state index contributed by atoms with van der Waals surface area (Å²) in [7, 11) is 1.58. The van der Waals surface area contributed by atoms with Crippen molar-refractivity contribution in [2.24, 2.45) is 0 Å². The Balaban J connectivity index is 1.35. The quantitative estimate of drug-likeness (QED) is 0.674. The highest BCUT2D eigenvalue weighted by Gasteiger charge is 2.38. The van der Waals surface area contributed by atoms with Gasteiger partial charge >= 0.3 is 6.03 Å². The van der Waals surface area contributed by atoms with E-state index in [1.54, 1.807) is 25.4 Å². The summed E-state index contributed by atoms with van der Waals surface area (Å²) in [4.78, 5) is 45.5. The zero-order valence-electron chi connectivity index (χ0n) is 18.2. The molecule has 2 aromatic rings. The number of pyridine rings is 1. The Hall–Kier alpha value is -3.42. The molecule has 4 rings (SSSR count). The predicted molar refractivity (Wildman–Crippen MR) is 118 cm³/mol. The van der Waals surface area contributed by atoms with Gasteiger partial charge in [0.1, 0.15) is 11.8 Å². The number of urea groups is 1. The number of ether oxygens (including phenoxy) is 1. The largest absolute Gasteiger partial charge is 0.497 e. The van der Waals surface area contributed by atoms with E-state index in [9.17, 15) is 14.4 Å². The molecule has 1 aromatic heterocycles. The SMILES string of the molecule is COc1ccc(CN2C(=O)NC(CCC(=O)N3CCCCC3c3cccnc3)C2=O)cc1. The lowest BCUT2D eigenvalue weighted by Gasteiger charge is -2.36. The number of nitrogens with zero attached hydrogens (tertiary/aromatic N) is 3. The Morgan fingerprint density at radius 2 is 2.00 bits per heavy atom. The van der Waals surface area contributed by atoms with E-state index < -0.39 is 12.1 Å². The van der Waals surface area contributed by atoms with E-state index in [4.69, 9.17) is 4.74 Å². The molecule has 0 aliphatic carbocycles. The van der Waals surface area contributed by atoms with Crippen molar-refractivity contribution in [1.82, 2.24) is 20.1 Å². The van der Waals surface area contributed by atoms with Crippen molar-refractivity contribution < 1.29 is 19.1 Å². The number of benzene rings is 1. The number of aromatic nitrogens is 1. The van der Waals surface area contributed by atoms with Gasteiger partial charge in [0.15, 0.2) is 0 Å². The van der Waals surface area contributed by atoms with Gasteiger partial charge in [0.2, 0.25) is 5.91 Å². The first kappa shape index (κ1) is 21.8. The van der Waals surface area contributed by atoms with Crippen molar-refractivity contribution in [2.45, 2.75) is 50.7 Å². The summed E-state index contributed by atoms with van der Waals surface area (Å²) >= 11 is 0. The van der Waals surface area contributed by atoms with Crippen molar-refractivity contribution in [3.05, 3.63) is 59.9 Å². The normalized spacial score (nSPS) is 20.9. The fourth-order valence-corrected chi connectivity index (χ4v) is 4.40. The summed E-state index contributed by atoms with van der Waals surface area (Å²) in [6.45, 7) is 0.890. The number of carbonyl (C=O) groups is 3. The van der Waals surface area contributed by atoms with Gasteiger partial charge in [0.25, 0.3) is 5.91 Å². The maximum atomic E-state index is 13.0. The van der Waals surface area contributed by atoms with Crippen LogP contribution in [0, 0.1) is 0 Å². The highest BCUT2D eigenvalue weighted by atomic mass is 16.5.